The number of hydrogen-bond donors (Lipinski definition) is 1. The van der Waals surface area contributed by atoms with Gasteiger partial charge in [-0.2, -0.15) is 5.26 Å². The molecule has 0 bridgehead atoms. The highest BCUT2D eigenvalue weighted by atomic mass is 15.1. The van der Waals surface area contributed by atoms with E-state index in [1.165, 1.54) is 0 Å². The molecule has 0 saturated carbocycles. The molecule has 3 nitrogen and oxygen atoms in total. The molecule has 21 heavy (non-hydrogen) atoms. The van der Waals surface area contributed by atoms with Crippen molar-refractivity contribution in [1.82, 2.24) is 0 Å². The Morgan fingerprint density at radius 3 is 2.48 bits per heavy atom. The van der Waals surface area contributed by atoms with Crippen LogP contribution in [0.4, 0.5) is 11.4 Å². The number of benzene rings is 2. The fourth-order valence-electron chi connectivity index (χ4n) is 2.39. The van der Waals surface area contributed by atoms with Gasteiger partial charge in [-0.05, 0) is 56.2 Å². The molecule has 0 radical (unpaired) electrons. The van der Waals surface area contributed by atoms with Crippen LogP contribution in [0.25, 0.3) is 0 Å². The van der Waals surface area contributed by atoms with Crippen molar-refractivity contribution in [2.45, 2.75) is 33.4 Å². The average Bonchev–Trinajstić information content (AvgIpc) is 2.46. The number of anilines is 2. The van der Waals surface area contributed by atoms with E-state index in [4.69, 9.17) is 11.0 Å². The summed E-state index contributed by atoms with van der Waals surface area (Å²) in [6.07, 6.45) is 0. The fourth-order valence-corrected chi connectivity index (χ4v) is 2.39. The van der Waals surface area contributed by atoms with Crippen LogP contribution in [0.3, 0.4) is 0 Å². The zero-order chi connectivity index (χ0) is 15.4. The predicted octanol–water partition coefficient (Wildman–Crippen LogP) is 3.86. The highest BCUT2D eigenvalue weighted by Gasteiger charge is 2.13. The molecule has 0 heterocycles. The summed E-state index contributed by atoms with van der Waals surface area (Å²) in [7, 11) is 0. The molecule has 0 aromatic heterocycles. The number of nitrogen functional groups attached to an aromatic ring is 1. The van der Waals surface area contributed by atoms with Gasteiger partial charge in [0.25, 0.3) is 0 Å². The Morgan fingerprint density at radius 1 is 1.19 bits per heavy atom. The van der Waals surface area contributed by atoms with Crippen LogP contribution in [-0.2, 0) is 6.54 Å². The number of rotatable bonds is 4. The summed E-state index contributed by atoms with van der Waals surface area (Å²) in [6.45, 7) is 7.05. The Morgan fingerprint density at radius 2 is 1.90 bits per heavy atom. The first-order valence-electron chi connectivity index (χ1n) is 7.13. The summed E-state index contributed by atoms with van der Waals surface area (Å²) >= 11 is 0. The zero-order valence-electron chi connectivity index (χ0n) is 12.8. The maximum atomic E-state index is 9.05. The number of nitriles is 1. The summed E-state index contributed by atoms with van der Waals surface area (Å²) in [5.74, 6) is 0. The molecule has 0 saturated heterocycles. The van der Waals surface area contributed by atoms with Gasteiger partial charge in [-0.25, -0.2) is 0 Å². The fraction of sp³-hybridized carbons (Fsp3) is 0.278. The third-order valence-electron chi connectivity index (χ3n) is 3.68. The Kier molecular flexibility index (Phi) is 4.49. The number of nitrogens with two attached hydrogens (primary N) is 1. The maximum absolute atomic E-state index is 9.05. The molecule has 0 fully saturated rings. The van der Waals surface area contributed by atoms with Gasteiger partial charge < -0.3 is 10.6 Å². The van der Waals surface area contributed by atoms with E-state index >= 15 is 0 Å². The van der Waals surface area contributed by atoms with Crippen molar-refractivity contribution in [2.24, 2.45) is 0 Å². The number of para-hydroxylation sites is 1. The third-order valence-corrected chi connectivity index (χ3v) is 3.68. The van der Waals surface area contributed by atoms with Crippen molar-refractivity contribution in [3.8, 4) is 6.07 Å². The maximum Gasteiger partial charge on any atom is 0.0994 e. The SMILES string of the molecule is Cc1cc(N(Cc2ccccc2N)C(C)C)ccc1C#N. The van der Waals surface area contributed by atoms with Crippen molar-refractivity contribution < 1.29 is 0 Å². The van der Waals surface area contributed by atoms with Crippen molar-refractivity contribution in [1.29, 1.82) is 5.26 Å². The quantitative estimate of drug-likeness (QED) is 0.864. The molecule has 0 unspecified atom stereocenters. The van der Waals surface area contributed by atoms with E-state index in [0.717, 1.165) is 34.6 Å². The second kappa shape index (κ2) is 6.32. The first kappa shape index (κ1) is 14.9. The van der Waals surface area contributed by atoms with Gasteiger partial charge in [-0.3, -0.25) is 0 Å². The number of hydrogen-bond acceptors (Lipinski definition) is 3. The lowest BCUT2D eigenvalue weighted by molar-refractivity contribution is 0.683. The second-order valence-electron chi connectivity index (χ2n) is 5.53. The molecule has 0 amide bonds. The van der Waals surface area contributed by atoms with Gasteiger partial charge in [0.2, 0.25) is 0 Å². The van der Waals surface area contributed by atoms with Crippen LogP contribution in [-0.4, -0.2) is 6.04 Å². The molecule has 2 aromatic rings. The monoisotopic (exact) mass is 279 g/mol. The lowest BCUT2D eigenvalue weighted by atomic mass is 10.1. The smallest absolute Gasteiger partial charge is 0.0994 e. The van der Waals surface area contributed by atoms with Crippen LogP contribution >= 0.6 is 0 Å². The molecular weight excluding hydrogens is 258 g/mol. The number of nitrogens with zero attached hydrogens (tertiary/aromatic N) is 2. The molecule has 2 aromatic carbocycles. The van der Waals surface area contributed by atoms with Crippen LogP contribution in [0.5, 0.6) is 0 Å². The minimum absolute atomic E-state index is 0.344. The Bertz CT molecular complexity index is 668. The van der Waals surface area contributed by atoms with E-state index in [1.54, 1.807) is 0 Å². The van der Waals surface area contributed by atoms with E-state index in [2.05, 4.69) is 36.9 Å². The van der Waals surface area contributed by atoms with Crippen LogP contribution in [0.15, 0.2) is 42.5 Å². The first-order chi connectivity index (χ1) is 10.0. The Labute approximate surface area is 126 Å². The van der Waals surface area contributed by atoms with Gasteiger partial charge >= 0.3 is 0 Å². The van der Waals surface area contributed by atoms with Crippen molar-refractivity contribution in [3.63, 3.8) is 0 Å². The van der Waals surface area contributed by atoms with Gasteiger partial charge in [-0.15, -0.1) is 0 Å². The molecule has 108 valence electrons. The topological polar surface area (TPSA) is 53.0 Å². The molecule has 0 spiro atoms. The predicted molar refractivity (Wildman–Crippen MR) is 88.1 cm³/mol. The van der Waals surface area contributed by atoms with Crippen molar-refractivity contribution >= 4 is 11.4 Å². The third kappa shape index (κ3) is 3.35. The van der Waals surface area contributed by atoms with E-state index in [1.807, 2.05) is 37.3 Å². The van der Waals surface area contributed by atoms with Crippen molar-refractivity contribution in [2.75, 3.05) is 10.6 Å². The first-order valence-corrected chi connectivity index (χ1v) is 7.13. The summed E-state index contributed by atoms with van der Waals surface area (Å²) in [6, 6.07) is 16.5. The summed E-state index contributed by atoms with van der Waals surface area (Å²) < 4.78 is 0. The van der Waals surface area contributed by atoms with E-state index < -0.39 is 0 Å². The van der Waals surface area contributed by atoms with Gasteiger partial charge in [0.1, 0.15) is 0 Å². The highest BCUT2D eigenvalue weighted by molar-refractivity contribution is 5.56. The molecule has 2 rings (SSSR count). The highest BCUT2D eigenvalue weighted by Crippen LogP contribution is 2.24. The molecular formula is C18H21N3. The van der Waals surface area contributed by atoms with Crippen LogP contribution in [0.1, 0.15) is 30.5 Å². The van der Waals surface area contributed by atoms with E-state index in [0.29, 0.717) is 6.04 Å². The molecule has 0 aliphatic rings. The number of aryl methyl sites for hydroxylation is 1. The van der Waals surface area contributed by atoms with Crippen LogP contribution in [0.2, 0.25) is 0 Å². The van der Waals surface area contributed by atoms with E-state index in [9.17, 15) is 0 Å². The Hall–Kier alpha value is -2.47. The minimum Gasteiger partial charge on any atom is -0.398 e. The normalized spacial score (nSPS) is 10.4. The molecule has 2 N–H and O–H groups in total. The molecule has 3 heteroatoms. The Balaban J connectivity index is 2.34. The molecule has 0 aliphatic carbocycles. The summed E-state index contributed by atoms with van der Waals surface area (Å²) in [4.78, 5) is 2.29. The van der Waals surface area contributed by atoms with Crippen LogP contribution in [0, 0.1) is 18.3 Å². The van der Waals surface area contributed by atoms with Gasteiger partial charge in [-0.1, -0.05) is 18.2 Å². The van der Waals surface area contributed by atoms with Crippen LogP contribution < -0.4 is 10.6 Å². The van der Waals surface area contributed by atoms with E-state index in [-0.39, 0.29) is 0 Å². The zero-order valence-corrected chi connectivity index (χ0v) is 12.8. The average molecular weight is 279 g/mol. The van der Waals surface area contributed by atoms with Gasteiger partial charge in [0, 0.05) is 24.0 Å². The molecule has 0 atom stereocenters. The summed E-state index contributed by atoms with van der Waals surface area (Å²) in [5, 5.41) is 9.05. The standard InChI is InChI=1S/C18H21N3/c1-13(2)21(12-16-6-4-5-7-18(16)20)17-9-8-15(11-19)14(3)10-17/h4-10,13H,12,20H2,1-3H3. The summed E-state index contributed by atoms with van der Waals surface area (Å²) in [5.41, 5.74) is 10.8. The largest absolute Gasteiger partial charge is 0.398 e. The van der Waals surface area contributed by atoms with Gasteiger partial charge in [0.05, 0.1) is 11.6 Å². The molecule has 0 aliphatic heterocycles. The van der Waals surface area contributed by atoms with Crippen molar-refractivity contribution in [3.05, 3.63) is 59.2 Å². The van der Waals surface area contributed by atoms with Gasteiger partial charge in [0.15, 0.2) is 0 Å². The lowest BCUT2D eigenvalue weighted by Crippen LogP contribution is -2.30. The minimum atomic E-state index is 0.344. The lowest BCUT2D eigenvalue weighted by Gasteiger charge is -2.30. The second-order valence-corrected chi connectivity index (χ2v) is 5.53.